The molecule has 4 rings (SSSR count). The van der Waals surface area contributed by atoms with Gasteiger partial charge in [-0.1, -0.05) is 11.3 Å². The molecule has 1 amide bonds. The van der Waals surface area contributed by atoms with Crippen molar-refractivity contribution in [3.63, 3.8) is 0 Å². The predicted octanol–water partition coefficient (Wildman–Crippen LogP) is 2.65. The molecule has 1 fully saturated rings. The van der Waals surface area contributed by atoms with Crippen molar-refractivity contribution in [2.75, 3.05) is 31.1 Å². The molecule has 11 heteroatoms. The smallest absolute Gasteiger partial charge is 0.341 e. The van der Waals surface area contributed by atoms with Gasteiger partial charge in [-0.2, -0.15) is 8.78 Å². The largest absolute Gasteiger partial charge is 0.344 e. The number of anilines is 1. The maximum atomic E-state index is 12.7. The van der Waals surface area contributed by atoms with Crippen LogP contribution in [-0.2, 0) is 9.84 Å². The van der Waals surface area contributed by atoms with Crippen LogP contribution >= 0.6 is 11.3 Å². The summed E-state index contributed by atoms with van der Waals surface area (Å²) in [5, 5.41) is 0.854. The lowest BCUT2D eigenvalue weighted by Gasteiger charge is -2.34. The van der Waals surface area contributed by atoms with Crippen LogP contribution in [0.25, 0.3) is 10.3 Å². The van der Waals surface area contributed by atoms with Crippen LogP contribution in [0.4, 0.5) is 13.9 Å². The van der Waals surface area contributed by atoms with Crippen LogP contribution in [0.5, 0.6) is 0 Å². The Bertz CT molecular complexity index is 1110. The van der Waals surface area contributed by atoms with E-state index in [4.69, 9.17) is 0 Å². The second-order valence-corrected chi connectivity index (χ2v) is 9.31. The minimum Gasteiger partial charge on any atom is -0.344 e. The number of carbonyl (C=O) groups excluding carboxylic acids is 1. The zero-order chi connectivity index (χ0) is 20.6. The van der Waals surface area contributed by atoms with Crippen molar-refractivity contribution in [1.29, 1.82) is 0 Å². The molecule has 0 atom stereocenters. The van der Waals surface area contributed by atoms with Crippen LogP contribution in [-0.4, -0.2) is 61.1 Å². The first kappa shape index (κ1) is 19.6. The van der Waals surface area contributed by atoms with Gasteiger partial charge in [-0.25, -0.2) is 18.4 Å². The van der Waals surface area contributed by atoms with Crippen LogP contribution < -0.4 is 4.90 Å². The first-order valence-corrected chi connectivity index (χ1v) is 11.1. The number of nitrogens with zero attached hydrogens (tertiary/aromatic N) is 4. The molecule has 2 aromatic heterocycles. The molecule has 29 heavy (non-hydrogen) atoms. The average Bonchev–Trinajstić information content (AvgIpc) is 3.17. The Morgan fingerprint density at radius 1 is 1.07 bits per heavy atom. The van der Waals surface area contributed by atoms with E-state index in [1.54, 1.807) is 11.1 Å². The Hall–Kier alpha value is -2.66. The molecule has 0 bridgehead atoms. The van der Waals surface area contributed by atoms with E-state index in [2.05, 4.69) is 14.9 Å². The van der Waals surface area contributed by atoms with E-state index in [0.29, 0.717) is 26.2 Å². The first-order valence-electron chi connectivity index (χ1n) is 8.74. The van der Waals surface area contributed by atoms with Crippen molar-refractivity contribution in [2.24, 2.45) is 0 Å². The number of aromatic nitrogens is 2. The molecule has 1 aromatic carbocycles. The molecule has 7 nitrogen and oxygen atoms in total. The number of thiazole rings is 1. The Morgan fingerprint density at radius 2 is 1.76 bits per heavy atom. The van der Waals surface area contributed by atoms with Gasteiger partial charge in [0.05, 0.1) is 4.90 Å². The van der Waals surface area contributed by atoms with Crippen LogP contribution in [0.15, 0.2) is 47.5 Å². The summed E-state index contributed by atoms with van der Waals surface area (Å²) in [4.78, 5) is 25.6. The van der Waals surface area contributed by atoms with E-state index in [1.165, 1.54) is 23.5 Å². The molecule has 0 unspecified atom stereocenters. The van der Waals surface area contributed by atoms with Gasteiger partial charge in [0.25, 0.3) is 5.91 Å². The molecular weight excluding hydrogens is 422 g/mol. The SMILES string of the molecule is O=C(c1ccc(S(=O)(=O)C(F)F)cc1)N1CCN(c2nc3cccnc3s2)CC1. The molecule has 3 aromatic rings. The van der Waals surface area contributed by atoms with Gasteiger partial charge in [-0.05, 0) is 36.4 Å². The minimum atomic E-state index is -4.67. The Kier molecular flexibility index (Phi) is 5.17. The van der Waals surface area contributed by atoms with E-state index in [1.807, 2.05) is 12.1 Å². The van der Waals surface area contributed by atoms with Crippen molar-refractivity contribution < 1.29 is 22.0 Å². The van der Waals surface area contributed by atoms with Gasteiger partial charge >= 0.3 is 5.76 Å². The molecule has 0 spiro atoms. The standard InChI is InChI=1S/C18H16F2N4O3S2/c19-17(20)29(26,27)13-5-3-12(4-6-13)16(25)23-8-10-24(11-9-23)18-22-14-2-1-7-21-15(14)28-18/h1-7,17H,8-11H2. The lowest BCUT2D eigenvalue weighted by Crippen LogP contribution is -2.48. The van der Waals surface area contributed by atoms with Gasteiger partial charge in [0.15, 0.2) is 5.13 Å². The van der Waals surface area contributed by atoms with Gasteiger partial charge in [0.1, 0.15) is 10.3 Å². The maximum Gasteiger partial charge on any atom is 0.341 e. The number of hydrogen-bond acceptors (Lipinski definition) is 7. The Labute approximate surface area is 169 Å². The van der Waals surface area contributed by atoms with Crippen LogP contribution in [0, 0.1) is 0 Å². The van der Waals surface area contributed by atoms with Crippen molar-refractivity contribution in [1.82, 2.24) is 14.9 Å². The first-order chi connectivity index (χ1) is 13.9. The molecule has 1 saturated heterocycles. The molecule has 1 aliphatic heterocycles. The summed E-state index contributed by atoms with van der Waals surface area (Å²) < 4.78 is 48.2. The normalized spacial score (nSPS) is 15.3. The second-order valence-electron chi connectivity index (χ2n) is 6.43. The fourth-order valence-corrected chi connectivity index (χ4v) is 4.75. The molecule has 1 aliphatic rings. The van der Waals surface area contributed by atoms with Gasteiger partial charge < -0.3 is 9.80 Å². The highest BCUT2D eigenvalue weighted by Gasteiger charge is 2.28. The third-order valence-corrected chi connectivity index (χ3v) is 7.10. The number of sulfone groups is 1. The number of halogens is 2. The zero-order valence-corrected chi connectivity index (χ0v) is 16.7. The van der Waals surface area contributed by atoms with E-state index < -0.39 is 20.5 Å². The van der Waals surface area contributed by atoms with E-state index in [-0.39, 0.29) is 11.5 Å². The summed E-state index contributed by atoms with van der Waals surface area (Å²) in [6.45, 7) is 2.14. The molecule has 152 valence electrons. The number of benzene rings is 1. The highest BCUT2D eigenvalue weighted by atomic mass is 32.2. The number of fused-ring (bicyclic) bond motifs is 1. The topological polar surface area (TPSA) is 83.5 Å². The summed E-state index contributed by atoms with van der Waals surface area (Å²) in [7, 11) is -4.67. The van der Waals surface area contributed by atoms with Crippen molar-refractivity contribution in [2.45, 2.75) is 10.7 Å². The number of carbonyl (C=O) groups is 1. The monoisotopic (exact) mass is 438 g/mol. The number of pyridine rings is 1. The summed E-state index contributed by atoms with van der Waals surface area (Å²) in [5.41, 5.74) is 1.10. The Balaban J connectivity index is 1.42. The number of hydrogen-bond donors (Lipinski definition) is 0. The number of piperazine rings is 1. The average molecular weight is 438 g/mol. The summed E-state index contributed by atoms with van der Waals surface area (Å²) in [6, 6.07) is 8.35. The van der Waals surface area contributed by atoms with Crippen molar-refractivity contribution in [3.8, 4) is 0 Å². The second kappa shape index (κ2) is 7.64. The number of alkyl halides is 2. The zero-order valence-electron chi connectivity index (χ0n) is 15.0. The molecule has 0 N–H and O–H groups in total. The lowest BCUT2D eigenvalue weighted by molar-refractivity contribution is 0.0746. The molecule has 3 heterocycles. The van der Waals surface area contributed by atoms with Crippen LogP contribution in [0.3, 0.4) is 0 Å². The lowest BCUT2D eigenvalue weighted by atomic mass is 10.2. The van der Waals surface area contributed by atoms with Crippen molar-refractivity contribution in [3.05, 3.63) is 48.2 Å². The van der Waals surface area contributed by atoms with Gasteiger partial charge in [0.2, 0.25) is 9.84 Å². The highest BCUT2D eigenvalue weighted by molar-refractivity contribution is 7.91. The fraction of sp³-hybridized carbons (Fsp3) is 0.278. The predicted molar refractivity (Wildman–Crippen MR) is 105 cm³/mol. The van der Waals surface area contributed by atoms with E-state index in [9.17, 15) is 22.0 Å². The third kappa shape index (κ3) is 3.79. The quantitative estimate of drug-likeness (QED) is 0.623. The minimum absolute atomic E-state index is 0.260. The summed E-state index contributed by atoms with van der Waals surface area (Å²) in [6.07, 6.45) is 1.72. The molecule has 0 aliphatic carbocycles. The van der Waals surface area contributed by atoms with Gasteiger partial charge in [0, 0.05) is 37.9 Å². The number of rotatable bonds is 4. The number of amides is 1. The van der Waals surface area contributed by atoms with E-state index >= 15 is 0 Å². The van der Waals surface area contributed by atoms with Crippen LogP contribution in [0.1, 0.15) is 10.4 Å². The molecule has 0 saturated carbocycles. The maximum absolute atomic E-state index is 12.7. The fourth-order valence-electron chi connectivity index (χ4n) is 3.07. The van der Waals surface area contributed by atoms with Gasteiger partial charge in [-0.3, -0.25) is 4.79 Å². The third-order valence-electron chi connectivity index (χ3n) is 4.66. The summed E-state index contributed by atoms with van der Waals surface area (Å²) >= 11 is 1.50. The van der Waals surface area contributed by atoms with E-state index in [0.717, 1.165) is 27.6 Å². The van der Waals surface area contributed by atoms with Gasteiger partial charge in [-0.15, -0.1) is 0 Å². The molecular formula is C18H16F2N4O3S2. The summed E-state index contributed by atoms with van der Waals surface area (Å²) in [5.74, 6) is -3.76. The van der Waals surface area contributed by atoms with Crippen molar-refractivity contribution >= 4 is 42.6 Å². The Morgan fingerprint density at radius 3 is 2.38 bits per heavy atom. The molecule has 0 radical (unpaired) electrons. The highest BCUT2D eigenvalue weighted by Crippen LogP contribution is 2.28. The van der Waals surface area contributed by atoms with Crippen LogP contribution in [0.2, 0.25) is 0 Å².